The van der Waals surface area contributed by atoms with Crippen LogP contribution in [0.25, 0.3) is 6.08 Å². The Morgan fingerprint density at radius 3 is 2.00 bits per heavy atom. The maximum atomic E-state index is 11.9. The predicted molar refractivity (Wildman–Crippen MR) is 97.1 cm³/mol. The summed E-state index contributed by atoms with van der Waals surface area (Å²) in [5, 5.41) is 2.82. The SMILES string of the molecule is O=C(C=Cc1ccccc1)Nc1ccc(Oc2ccccc2)cc1. The molecule has 0 heterocycles. The van der Waals surface area contributed by atoms with Gasteiger partial charge in [0.25, 0.3) is 0 Å². The van der Waals surface area contributed by atoms with Crippen LogP contribution in [0.4, 0.5) is 5.69 Å². The maximum Gasteiger partial charge on any atom is 0.248 e. The lowest BCUT2D eigenvalue weighted by molar-refractivity contribution is -0.111. The van der Waals surface area contributed by atoms with Crippen molar-refractivity contribution in [2.75, 3.05) is 5.32 Å². The third-order valence-electron chi connectivity index (χ3n) is 3.33. The fraction of sp³-hybridized carbons (Fsp3) is 0. The van der Waals surface area contributed by atoms with Crippen LogP contribution in [0.1, 0.15) is 5.56 Å². The number of carbonyl (C=O) groups excluding carboxylic acids is 1. The Labute approximate surface area is 141 Å². The quantitative estimate of drug-likeness (QED) is 0.663. The monoisotopic (exact) mass is 315 g/mol. The van der Waals surface area contributed by atoms with E-state index < -0.39 is 0 Å². The summed E-state index contributed by atoms with van der Waals surface area (Å²) in [5.74, 6) is 1.33. The molecule has 3 aromatic rings. The van der Waals surface area contributed by atoms with E-state index in [9.17, 15) is 4.79 Å². The highest BCUT2D eigenvalue weighted by molar-refractivity contribution is 6.01. The minimum atomic E-state index is -0.171. The molecule has 0 unspecified atom stereocenters. The van der Waals surface area contributed by atoms with Gasteiger partial charge in [0.15, 0.2) is 0 Å². The molecule has 3 aromatic carbocycles. The molecule has 0 fully saturated rings. The molecule has 1 N–H and O–H groups in total. The minimum Gasteiger partial charge on any atom is -0.457 e. The van der Waals surface area contributed by atoms with Gasteiger partial charge in [0.2, 0.25) is 5.91 Å². The fourth-order valence-electron chi connectivity index (χ4n) is 2.15. The summed E-state index contributed by atoms with van der Waals surface area (Å²) in [5.41, 5.74) is 1.71. The molecule has 0 radical (unpaired) electrons. The molecule has 0 atom stereocenters. The number of hydrogen-bond acceptors (Lipinski definition) is 2. The summed E-state index contributed by atoms with van der Waals surface area (Å²) in [6.45, 7) is 0. The largest absolute Gasteiger partial charge is 0.457 e. The first-order valence-electron chi connectivity index (χ1n) is 7.67. The van der Waals surface area contributed by atoms with Crippen LogP contribution in [0.2, 0.25) is 0 Å². The van der Waals surface area contributed by atoms with E-state index in [2.05, 4.69) is 5.32 Å². The van der Waals surface area contributed by atoms with Gasteiger partial charge < -0.3 is 10.1 Å². The van der Waals surface area contributed by atoms with Gasteiger partial charge >= 0.3 is 0 Å². The van der Waals surface area contributed by atoms with Crippen LogP contribution in [0, 0.1) is 0 Å². The number of amides is 1. The Hall–Kier alpha value is -3.33. The van der Waals surface area contributed by atoms with Crippen LogP contribution >= 0.6 is 0 Å². The molecular weight excluding hydrogens is 298 g/mol. The lowest BCUT2D eigenvalue weighted by Crippen LogP contribution is -2.07. The molecule has 0 aliphatic carbocycles. The van der Waals surface area contributed by atoms with Crippen molar-refractivity contribution in [3.8, 4) is 11.5 Å². The Balaban J connectivity index is 1.58. The number of rotatable bonds is 5. The Kier molecular flexibility index (Phi) is 5.05. The first kappa shape index (κ1) is 15.6. The van der Waals surface area contributed by atoms with Gasteiger partial charge in [-0.2, -0.15) is 0 Å². The van der Waals surface area contributed by atoms with Crippen LogP contribution < -0.4 is 10.1 Å². The molecule has 24 heavy (non-hydrogen) atoms. The molecular formula is C21H17NO2. The third kappa shape index (κ3) is 4.58. The standard InChI is InChI=1S/C21H17NO2/c23-21(16-11-17-7-3-1-4-8-17)22-18-12-14-20(15-13-18)24-19-9-5-2-6-10-19/h1-16H,(H,22,23). The summed E-state index contributed by atoms with van der Waals surface area (Å²) in [6.07, 6.45) is 3.30. The number of nitrogens with one attached hydrogen (secondary N) is 1. The lowest BCUT2D eigenvalue weighted by Gasteiger charge is -2.07. The lowest BCUT2D eigenvalue weighted by atomic mass is 10.2. The van der Waals surface area contributed by atoms with Crippen LogP contribution in [0.15, 0.2) is 91.0 Å². The van der Waals surface area contributed by atoms with Gasteiger partial charge in [0, 0.05) is 11.8 Å². The first-order valence-corrected chi connectivity index (χ1v) is 7.67. The first-order chi connectivity index (χ1) is 11.8. The molecule has 3 nitrogen and oxygen atoms in total. The van der Waals surface area contributed by atoms with Gasteiger partial charge in [-0.25, -0.2) is 0 Å². The predicted octanol–water partition coefficient (Wildman–Crippen LogP) is 5.13. The normalized spacial score (nSPS) is 10.5. The van der Waals surface area contributed by atoms with Crippen molar-refractivity contribution in [2.45, 2.75) is 0 Å². The van der Waals surface area contributed by atoms with Gasteiger partial charge in [-0.3, -0.25) is 4.79 Å². The number of ether oxygens (including phenoxy) is 1. The summed E-state index contributed by atoms with van der Waals surface area (Å²) in [4.78, 5) is 11.9. The highest BCUT2D eigenvalue weighted by Gasteiger charge is 2.00. The molecule has 3 rings (SSSR count). The topological polar surface area (TPSA) is 38.3 Å². The van der Waals surface area contributed by atoms with Crippen molar-refractivity contribution >= 4 is 17.7 Å². The fourth-order valence-corrected chi connectivity index (χ4v) is 2.15. The molecule has 0 aliphatic heterocycles. The minimum absolute atomic E-state index is 0.171. The van der Waals surface area contributed by atoms with Crippen LogP contribution in [0.3, 0.4) is 0 Å². The molecule has 118 valence electrons. The molecule has 0 spiro atoms. The van der Waals surface area contributed by atoms with Crippen molar-refractivity contribution in [3.63, 3.8) is 0 Å². The van der Waals surface area contributed by atoms with E-state index in [0.29, 0.717) is 0 Å². The van der Waals surface area contributed by atoms with Crippen molar-refractivity contribution in [2.24, 2.45) is 0 Å². The van der Waals surface area contributed by atoms with E-state index in [1.54, 1.807) is 6.08 Å². The van der Waals surface area contributed by atoms with E-state index >= 15 is 0 Å². The second-order valence-electron chi connectivity index (χ2n) is 5.17. The smallest absolute Gasteiger partial charge is 0.248 e. The number of hydrogen-bond donors (Lipinski definition) is 1. The number of para-hydroxylation sites is 1. The second kappa shape index (κ2) is 7.79. The van der Waals surface area contributed by atoms with Crippen molar-refractivity contribution in [3.05, 3.63) is 96.6 Å². The van der Waals surface area contributed by atoms with Gasteiger partial charge in [-0.1, -0.05) is 48.5 Å². The molecule has 1 amide bonds. The average Bonchev–Trinajstić information content (AvgIpc) is 2.63. The zero-order valence-corrected chi connectivity index (χ0v) is 13.1. The molecule has 3 heteroatoms. The number of benzene rings is 3. The molecule has 0 saturated heterocycles. The molecule has 0 aliphatic rings. The van der Waals surface area contributed by atoms with Gasteiger partial charge in [-0.15, -0.1) is 0 Å². The summed E-state index contributed by atoms with van der Waals surface area (Å²) >= 11 is 0. The van der Waals surface area contributed by atoms with Gasteiger partial charge in [0.1, 0.15) is 11.5 Å². The summed E-state index contributed by atoms with van der Waals surface area (Å²) < 4.78 is 5.72. The zero-order chi connectivity index (χ0) is 16.6. The van der Waals surface area contributed by atoms with Gasteiger partial charge in [0.05, 0.1) is 0 Å². The maximum absolute atomic E-state index is 11.9. The zero-order valence-electron chi connectivity index (χ0n) is 13.1. The number of carbonyl (C=O) groups is 1. The van der Waals surface area contributed by atoms with Crippen LogP contribution in [-0.4, -0.2) is 5.91 Å². The molecule has 0 saturated carbocycles. The third-order valence-corrected chi connectivity index (χ3v) is 3.33. The number of anilines is 1. The van der Waals surface area contributed by atoms with Crippen molar-refractivity contribution < 1.29 is 9.53 Å². The summed E-state index contributed by atoms with van der Waals surface area (Å²) in [6, 6.07) is 26.5. The molecule has 0 aromatic heterocycles. The average molecular weight is 315 g/mol. The Morgan fingerprint density at radius 1 is 0.750 bits per heavy atom. The summed E-state index contributed by atoms with van der Waals surface area (Å²) in [7, 11) is 0. The highest BCUT2D eigenvalue weighted by Crippen LogP contribution is 2.22. The van der Waals surface area contributed by atoms with Crippen LogP contribution in [-0.2, 0) is 4.79 Å². The van der Waals surface area contributed by atoms with Crippen molar-refractivity contribution in [1.29, 1.82) is 0 Å². The van der Waals surface area contributed by atoms with Crippen LogP contribution in [0.5, 0.6) is 11.5 Å². The molecule has 0 bridgehead atoms. The van der Waals surface area contributed by atoms with Gasteiger partial charge in [-0.05, 0) is 48.0 Å². The van der Waals surface area contributed by atoms with E-state index in [0.717, 1.165) is 22.7 Å². The van der Waals surface area contributed by atoms with E-state index in [1.807, 2.05) is 84.9 Å². The Morgan fingerprint density at radius 2 is 1.33 bits per heavy atom. The highest BCUT2D eigenvalue weighted by atomic mass is 16.5. The van der Waals surface area contributed by atoms with Crippen molar-refractivity contribution in [1.82, 2.24) is 0 Å². The van der Waals surface area contributed by atoms with E-state index in [4.69, 9.17) is 4.74 Å². The Bertz CT molecular complexity index is 809. The van der Waals surface area contributed by atoms with E-state index in [-0.39, 0.29) is 5.91 Å². The van der Waals surface area contributed by atoms with E-state index in [1.165, 1.54) is 6.08 Å². The second-order valence-corrected chi connectivity index (χ2v) is 5.17.